The molecule has 1 rings (SSSR count). The third-order valence-corrected chi connectivity index (χ3v) is 3.21. The highest BCUT2D eigenvalue weighted by atomic mass is 16.5. The summed E-state index contributed by atoms with van der Waals surface area (Å²) in [5.41, 5.74) is -0.0617. The maximum Gasteiger partial charge on any atom is 0.305 e. The summed E-state index contributed by atoms with van der Waals surface area (Å²) in [6.07, 6.45) is 0.973. The fraction of sp³-hybridized carbons (Fsp3) is 0.562. The van der Waals surface area contributed by atoms with Gasteiger partial charge < -0.3 is 19.3 Å². The van der Waals surface area contributed by atoms with Crippen LogP contribution in [0, 0.1) is 0 Å². The Kier molecular flexibility index (Phi) is 6.49. The van der Waals surface area contributed by atoms with Crippen molar-refractivity contribution in [2.75, 3.05) is 20.8 Å². The van der Waals surface area contributed by atoms with Crippen molar-refractivity contribution < 1.29 is 24.1 Å². The summed E-state index contributed by atoms with van der Waals surface area (Å²) >= 11 is 0. The summed E-state index contributed by atoms with van der Waals surface area (Å²) in [6, 6.07) is 5.51. The van der Waals surface area contributed by atoms with E-state index in [4.69, 9.17) is 14.2 Å². The summed E-state index contributed by atoms with van der Waals surface area (Å²) in [4.78, 5) is 11.4. The molecule has 0 bridgehead atoms. The van der Waals surface area contributed by atoms with Gasteiger partial charge in [0.2, 0.25) is 0 Å². The molecule has 1 N–H and O–H groups in total. The lowest BCUT2D eigenvalue weighted by Gasteiger charge is -2.23. The van der Waals surface area contributed by atoms with Crippen molar-refractivity contribution in [1.82, 2.24) is 0 Å². The molecule has 0 radical (unpaired) electrons. The summed E-state index contributed by atoms with van der Waals surface area (Å²) in [7, 11) is 3.15. The minimum absolute atomic E-state index is 0.203. The average Bonchev–Trinajstić information content (AvgIpc) is 2.45. The van der Waals surface area contributed by atoms with Crippen molar-refractivity contribution in [3.8, 4) is 11.5 Å². The van der Waals surface area contributed by atoms with Gasteiger partial charge in [0, 0.05) is 12.8 Å². The largest absolute Gasteiger partial charge is 0.493 e. The molecule has 0 saturated heterocycles. The fourth-order valence-electron chi connectivity index (χ4n) is 2.12. The molecule has 0 aliphatic heterocycles. The van der Waals surface area contributed by atoms with E-state index in [2.05, 4.69) is 0 Å². The number of carbonyl (C=O) groups is 1. The van der Waals surface area contributed by atoms with Crippen molar-refractivity contribution in [1.29, 1.82) is 0 Å². The van der Waals surface area contributed by atoms with Crippen LogP contribution in [0.4, 0.5) is 0 Å². The molecule has 1 aromatic rings. The molecule has 1 aromatic carbocycles. The Bertz CT molecular complexity index is 468. The van der Waals surface area contributed by atoms with Crippen LogP contribution in [0.25, 0.3) is 0 Å². The number of hydrogen-bond acceptors (Lipinski definition) is 5. The zero-order chi connectivity index (χ0) is 15.9. The summed E-state index contributed by atoms with van der Waals surface area (Å²) in [5.74, 6) is 0.980. The van der Waals surface area contributed by atoms with Gasteiger partial charge in [-0.15, -0.1) is 0 Å². The second-order valence-corrected chi connectivity index (χ2v) is 5.17. The molecular formula is C16H24O5. The first kappa shape index (κ1) is 17.3. The van der Waals surface area contributed by atoms with Crippen molar-refractivity contribution in [3.05, 3.63) is 23.8 Å². The lowest BCUT2D eigenvalue weighted by molar-refractivity contribution is -0.144. The maximum absolute atomic E-state index is 11.4. The predicted molar refractivity (Wildman–Crippen MR) is 79.7 cm³/mol. The fourth-order valence-corrected chi connectivity index (χ4v) is 2.12. The van der Waals surface area contributed by atoms with Crippen LogP contribution in [-0.4, -0.2) is 37.5 Å². The maximum atomic E-state index is 11.4. The van der Waals surface area contributed by atoms with Crippen LogP contribution in [0.2, 0.25) is 0 Å². The molecule has 5 heteroatoms. The quantitative estimate of drug-likeness (QED) is 0.746. The third kappa shape index (κ3) is 5.63. The first-order chi connectivity index (χ1) is 9.91. The normalized spacial score (nSPS) is 13.4. The molecule has 0 spiro atoms. The van der Waals surface area contributed by atoms with E-state index >= 15 is 0 Å². The van der Waals surface area contributed by atoms with Crippen LogP contribution < -0.4 is 9.47 Å². The van der Waals surface area contributed by atoms with Crippen LogP contribution >= 0.6 is 0 Å². The van der Waals surface area contributed by atoms with Gasteiger partial charge in [0.25, 0.3) is 0 Å². The van der Waals surface area contributed by atoms with E-state index in [1.165, 1.54) is 0 Å². The van der Waals surface area contributed by atoms with Gasteiger partial charge in [-0.25, -0.2) is 0 Å². The van der Waals surface area contributed by atoms with E-state index < -0.39 is 5.60 Å². The molecule has 0 heterocycles. The predicted octanol–water partition coefficient (Wildman–Crippen LogP) is 2.34. The molecular weight excluding hydrogens is 272 g/mol. The molecule has 0 fully saturated rings. The Labute approximate surface area is 125 Å². The molecule has 5 nitrogen and oxygen atoms in total. The highest BCUT2D eigenvalue weighted by Crippen LogP contribution is 2.29. The lowest BCUT2D eigenvalue weighted by Crippen LogP contribution is -2.28. The standard InChI is InChI=1S/C16H24O5/c1-5-21-15(17)8-9-16(2,18)11-12-6-7-13(19-3)14(10-12)20-4/h6-7,10,18H,5,8-9,11H2,1-4H3. The second-order valence-electron chi connectivity index (χ2n) is 5.17. The van der Waals surface area contributed by atoms with E-state index in [9.17, 15) is 9.90 Å². The topological polar surface area (TPSA) is 65.0 Å². The number of carbonyl (C=O) groups excluding carboxylic acids is 1. The first-order valence-electron chi connectivity index (χ1n) is 7.00. The van der Waals surface area contributed by atoms with Gasteiger partial charge in [-0.05, 0) is 38.0 Å². The zero-order valence-electron chi connectivity index (χ0n) is 13.1. The smallest absolute Gasteiger partial charge is 0.305 e. The van der Waals surface area contributed by atoms with Crippen molar-refractivity contribution in [2.45, 2.75) is 38.7 Å². The van der Waals surface area contributed by atoms with Crippen LogP contribution in [-0.2, 0) is 16.0 Å². The molecule has 0 amide bonds. The van der Waals surface area contributed by atoms with E-state index in [1.54, 1.807) is 34.1 Å². The molecule has 0 saturated carbocycles. The van der Waals surface area contributed by atoms with E-state index in [1.807, 2.05) is 12.1 Å². The number of aliphatic hydroxyl groups is 1. The Balaban J connectivity index is 2.68. The van der Waals surface area contributed by atoms with Crippen molar-refractivity contribution in [2.24, 2.45) is 0 Å². The summed E-state index contributed by atoms with van der Waals surface area (Å²) in [5, 5.41) is 10.4. The lowest BCUT2D eigenvalue weighted by atomic mass is 9.91. The molecule has 21 heavy (non-hydrogen) atoms. The Morgan fingerprint density at radius 1 is 1.24 bits per heavy atom. The summed E-state index contributed by atoms with van der Waals surface area (Å²) < 4.78 is 15.3. The monoisotopic (exact) mass is 296 g/mol. The Morgan fingerprint density at radius 3 is 2.48 bits per heavy atom. The number of hydrogen-bond donors (Lipinski definition) is 1. The molecule has 0 aliphatic carbocycles. The minimum Gasteiger partial charge on any atom is -0.493 e. The number of rotatable bonds is 8. The molecule has 1 unspecified atom stereocenters. The molecule has 1 atom stereocenters. The van der Waals surface area contributed by atoms with Crippen molar-refractivity contribution in [3.63, 3.8) is 0 Å². The zero-order valence-corrected chi connectivity index (χ0v) is 13.1. The van der Waals surface area contributed by atoms with E-state index in [-0.39, 0.29) is 12.4 Å². The SMILES string of the molecule is CCOC(=O)CCC(C)(O)Cc1ccc(OC)c(OC)c1. The van der Waals surface area contributed by atoms with Gasteiger partial charge in [-0.1, -0.05) is 6.07 Å². The highest BCUT2D eigenvalue weighted by molar-refractivity contribution is 5.69. The molecule has 0 aliphatic rings. The van der Waals surface area contributed by atoms with Gasteiger partial charge in [0.15, 0.2) is 11.5 Å². The number of benzene rings is 1. The van der Waals surface area contributed by atoms with Crippen LogP contribution in [0.5, 0.6) is 11.5 Å². The number of esters is 1. The van der Waals surface area contributed by atoms with E-state index in [0.717, 1.165) is 5.56 Å². The third-order valence-electron chi connectivity index (χ3n) is 3.21. The van der Waals surface area contributed by atoms with Gasteiger partial charge in [0.1, 0.15) is 0 Å². The van der Waals surface area contributed by atoms with Gasteiger partial charge in [-0.3, -0.25) is 4.79 Å². The van der Waals surface area contributed by atoms with Gasteiger partial charge in [0.05, 0.1) is 26.4 Å². The van der Waals surface area contributed by atoms with Gasteiger partial charge >= 0.3 is 5.97 Å². The summed E-state index contributed by atoms with van der Waals surface area (Å²) in [6.45, 7) is 3.83. The Hall–Kier alpha value is -1.75. The van der Waals surface area contributed by atoms with Crippen molar-refractivity contribution >= 4 is 5.97 Å². The second kappa shape index (κ2) is 7.88. The minimum atomic E-state index is -0.980. The van der Waals surface area contributed by atoms with Crippen LogP contribution in [0.15, 0.2) is 18.2 Å². The first-order valence-corrected chi connectivity index (χ1v) is 7.00. The highest BCUT2D eigenvalue weighted by Gasteiger charge is 2.23. The van der Waals surface area contributed by atoms with Crippen LogP contribution in [0.3, 0.4) is 0 Å². The molecule has 0 aromatic heterocycles. The average molecular weight is 296 g/mol. The van der Waals surface area contributed by atoms with Crippen LogP contribution in [0.1, 0.15) is 32.3 Å². The number of ether oxygens (including phenoxy) is 3. The van der Waals surface area contributed by atoms with E-state index in [0.29, 0.717) is 30.9 Å². The molecule has 118 valence electrons. The Morgan fingerprint density at radius 2 is 1.90 bits per heavy atom. The van der Waals surface area contributed by atoms with Gasteiger partial charge in [-0.2, -0.15) is 0 Å². The number of methoxy groups -OCH3 is 2.